The van der Waals surface area contributed by atoms with E-state index in [1.165, 1.54) is 257 Å². The fourth-order valence-corrected chi connectivity index (χ4v) is 10.4. The third kappa shape index (κ3) is 67.6. The Bertz CT molecular complexity index is 1450. The highest BCUT2D eigenvalue weighted by atomic mass is 16.6. The Kier molecular flexibility index (Phi) is 67.8. The highest BCUT2D eigenvalue weighted by Gasteiger charge is 2.16. The van der Waals surface area contributed by atoms with E-state index in [0.29, 0.717) is 12.8 Å². The van der Waals surface area contributed by atoms with Crippen molar-refractivity contribution < 1.29 is 24.2 Å². The number of rotatable bonds is 65. The van der Waals surface area contributed by atoms with Crippen LogP contribution in [0.3, 0.4) is 0 Å². The van der Waals surface area contributed by atoms with E-state index >= 15 is 0 Å². The van der Waals surface area contributed by atoms with Gasteiger partial charge in [-0.2, -0.15) is 0 Å². The molecule has 0 aromatic rings. The summed E-state index contributed by atoms with van der Waals surface area (Å²) >= 11 is 0. The summed E-state index contributed by atoms with van der Waals surface area (Å²) in [4.78, 5) is 24.6. The van der Waals surface area contributed by atoms with E-state index in [0.717, 1.165) is 77.0 Å². The number of carbonyl (C=O) groups is 2. The molecule has 0 amide bonds. The van der Waals surface area contributed by atoms with Crippen LogP contribution >= 0.6 is 0 Å². The van der Waals surface area contributed by atoms with Crippen LogP contribution < -0.4 is 0 Å². The Morgan fingerprint density at radius 3 is 0.812 bits per heavy atom. The average molecular weight is 1120 g/mol. The average Bonchev–Trinajstić information content (AvgIpc) is 3.46. The van der Waals surface area contributed by atoms with E-state index in [2.05, 4.69) is 98.9 Å². The first-order valence-corrected chi connectivity index (χ1v) is 35.1. The third-order valence-corrected chi connectivity index (χ3v) is 15.7. The molecule has 0 fully saturated rings. The molecule has 5 heteroatoms. The predicted octanol–water partition coefficient (Wildman–Crippen LogP) is 24.4. The molecule has 0 saturated carbocycles. The second-order valence-corrected chi connectivity index (χ2v) is 23.6. The lowest BCUT2D eigenvalue weighted by Gasteiger charge is -2.15. The molecule has 0 radical (unpaired) electrons. The van der Waals surface area contributed by atoms with Gasteiger partial charge in [0.2, 0.25) is 0 Å². The SMILES string of the molecule is CC/C=C\C/C=C\C/C=C\C/C=C\C/C=C\CCCCCCCCCCCCCC(=O)OC(CO)COC(=O)CCCCCCCCCCCCCCCCCCCCCCCCCCCCC/C=C\C/C=C\CCCCCCC. The maximum Gasteiger partial charge on any atom is 0.306 e. The van der Waals surface area contributed by atoms with E-state index in [1.54, 1.807) is 0 Å². The maximum atomic E-state index is 12.4. The minimum absolute atomic E-state index is 0.0660. The molecule has 80 heavy (non-hydrogen) atoms. The van der Waals surface area contributed by atoms with Crippen molar-refractivity contribution in [2.75, 3.05) is 13.2 Å². The summed E-state index contributed by atoms with van der Waals surface area (Å²) in [5, 5.41) is 9.70. The van der Waals surface area contributed by atoms with Crippen LogP contribution in [-0.4, -0.2) is 36.4 Å². The van der Waals surface area contributed by atoms with E-state index in [9.17, 15) is 14.7 Å². The minimum Gasteiger partial charge on any atom is -0.462 e. The lowest BCUT2D eigenvalue weighted by atomic mass is 10.0. The van der Waals surface area contributed by atoms with Gasteiger partial charge in [-0.05, 0) is 89.9 Å². The molecule has 0 aliphatic heterocycles. The molecule has 5 nitrogen and oxygen atoms in total. The van der Waals surface area contributed by atoms with Gasteiger partial charge in [-0.3, -0.25) is 9.59 Å². The largest absolute Gasteiger partial charge is 0.462 e. The first-order chi connectivity index (χ1) is 39.6. The van der Waals surface area contributed by atoms with Crippen molar-refractivity contribution in [2.24, 2.45) is 0 Å². The van der Waals surface area contributed by atoms with Crippen molar-refractivity contribution in [1.29, 1.82) is 0 Å². The van der Waals surface area contributed by atoms with Gasteiger partial charge in [0, 0.05) is 12.8 Å². The quantitative estimate of drug-likeness (QED) is 0.0373. The van der Waals surface area contributed by atoms with Crippen LogP contribution in [0.15, 0.2) is 85.1 Å². The second kappa shape index (κ2) is 70.3. The molecule has 1 atom stereocenters. The number of ether oxygens (including phenoxy) is 2. The number of aliphatic hydroxyl groups excluding tert-OH is 1. The molecule has 0 saturated heterocycles. The van der Waals surface area contributed by atoms with Crippen molar-refractivity contribution in [3.05, 3.63) is 85.1 Å². The van der Waals surface area contributed by atoms with Crippen molar-refractivity contribution in [3.63, 3.8) is 0 Å². The van der Waals surface area contributed by atoms with Crippen LogP contribution in [0.25, 0.3) is 0 Å². The molecule has 0 rings (SSSR count). The molecule has 1 unspecified atom stereocenters. The van der Waals surface area contributed by atoms with Gasteiger partial charge in [0.15, 0.2) is 6.10 Å². The Labute approximate surface area is 498 Å². The van der Waals surface area contributed by atoms with Gasteiger partial charge in [-0.15, -0.1) is 0 Å². The van der Waals surface area contributed by atoms with Crippen molar-refractivity contribution in [3.8, 4) is 0 Å². The molecular weight excluding hydrogens is 981 g/mol. The lowest BCUT2D eigenvalue weighted by molar-refractivity contribution is -0.161. The summed E-state index contributed by atoms with van der Waals surface area (Å²) in [5.74, 6) is -0.580. The Morgan fingerprint density at radius 2 is 0.537 bits per heavy atom. The number of allylic oxidation sites excluding steroid dienone is 14. The number of aliphatic hydroxyl groups is 1. The number of hydrogen-bond acceptors (Lipinski definition) is 5. The Hall–Kier alpha value is -2.92. The third-order valence-electron chi connectivity index (χ3n) is 15.7. The van der Waals surface area contributed by atoms with Gasteiger partial charge in [-0.25, -0.2) is 0 Å². The number of unbranched alkanes of at least 4 members (excludes halogenated alkanes) is 43. The molecule has 0 bridgehead atoms. The van der Waals surface area contributed by atoms with Gasteiger partial charge in [-0.1, -0.05) is 343 Å². The van der Waals surface area contributed by atoms with Crippen LogP contribution in [0.5, 0.6) is 0 Å². The van der Waals surface area contributed by atoms with Crippen molar-refractivity contribution >= 4 is 11.9 Å². The molecule has 464 valence electrons. The number of hydrogen-bond donors (Lipinski definition) is 1. The van der Waals surface area contributed by atoms with Crippen LogP contribution in [0.4, 0.5) is 0 Å². The summed E-state index contributed by atoms with van der Waals surface area (Å²) in [6.45, 7) is 4.05. The van der Waals surface area contributed by atoms with Gasteiger partial charge in [0.05, 0.1) is 6.61 Å². The molecule has 0 aromatic carbocycles. The van der Waals surface area contributed by atoms with Gasteiger partial charge in [0.1, 0.15) is 6.61 Å². The van der Waals surface area contributed by atoms with Crippen LogP contribution in [0.1, 0.15) is 361 Å². The highest BCUT2D eigenvalue weighted by molar-refractivity contribution is 5.70. The van der Waals surface area contributed by atoms with Crippen molar-refractivity contribution in [2.45, 2.75) is 367 Å². The number of esters is 2. The van der Waals surface area contributed by atoms with Crippen LogP contribution in [0, 0.1) is 0 Å². The van der Waals surface area contributed by atoms with E-state index in [-0.39, 0.29) is 25.2 Å². The minimum atomic E-state index is -0.777. The Balaban J connectivity index is 3.41. The van der Waals surface area contributed by atoms with Crippen LogP contribution in [-0.2, 0) is 19.1 Å². The number of carbonyl (C=O) groups excluding carboxylic acids is 2. The fourth-order valence-electron chi connectivity index (χ4n) is 10.4. The smallest absolute Gasteiger partial charge is 0.306 e. The molecule has 0 spiro atoms. The first kappa shape index (κ1) is 77.1. The van der Waals surface area contributed by atoms with E-state index < -0.39 is 6.10 Å². The summed E-state index contributed by atoms with van der Waals surface area (Å²) in [5.41, 5.74) is 0. The monoisotopic (exact) mass is 1120 g/mol. The fraction of sp³-hybridized carbons (Fsp3) is 0.787. The Morgan fingerprint density at radius 1 is 0.300 bits per heavy atom. The highest BCUT2D eigenvalue weighted by Crippen LogP contribution is 2.18. The zero-order valence-corrected chi connectivity index (χ0v) is 53.3. The zero-order chi connectivity index (χ0) is 57.6. The zero-order valence-electron chi connectivity index (χ0n) is 53.3. The molecule has 0 aromatic heterocycles. The first-order valence-electron chi connectivity index (χ1n) is 35.1. The van der Waals surface area contributed by atoms with Crippen molar-refractivity contribution in [1.82, 2.24) is 0 Å². The molecule has 0 heterocycles. The van der Waals surface area contributed by atoms with E-state index in [4.69, 9.17) is 9.47 Å². The van der Waals surface area contributed by atoms with Crippen LogP contribution in [0.2, 0.25) is 0 Å². The summed E-state index contributed by atoms with van der Waals surface area (Å²) in [6, 6.07) is 0. The van der Waals surface area contributed by atoms with Gasteiger partial charge < -0.3 is 14.6 Å². The molecule has 1 N–H and O–H groups in total. The second-order valence-electron chi connectivity index (χ2n) is 23.6. The summed E-state index contributed by atoms with van der Waals surface area (Å²) < 4.78 is 10.8. The normalized spacial score (nSPS) is 12.7. The standard InChI is InChI=1S/C75H134O5/c1-3-5-7-9-11-13-15-17-19-21-23-25-27-29-31-32-33-34-35-36-37-38-39-40-41-42-44-45-47-49-51-53-55-57-59-61-63-65-67-69-74(77)79-72-73(71-76)80-75(78)70-68-66-64-62-60-58-56-54-52-50-48-46-43-30-28-26-24-22-20-18-16-14-12-10-8-6-4-2/h6,8,12,14-15,17-18,20-21,23-24,26,30,43,73,76H,3-5,7,9-11,13,16,19,22,25,27-29,31-42,44-72H2,1-2H3/b8-6-,14-12-,17-15-,20-18-,23-21-,26-24-,43-30-. The maximum absolute atomic E-state index is 12.4. The lowest BCUT2D eigenvalue weighted by Crippen LogP contribution is -2.28. The predicted molar refractivity (Wildman–Crippen MR) is 353 cm³/mol. The topological polar surface area (TPSA) is 72.8 Å². The van der Waals surface area contributed by atoms with Gasteiger partial charge in [0.25, 0.3) is 0 Å². The molecule has 0 aliphatic rings. The summed E-state index contributed by atoms with van der Waals surface area (Å²) in [6.07, 6.45) is 99.1. The van der Waals surface area contributed by atoms with E-state index in [1.807, 2.05) is 0 Å². The molecule has 0 aliphatic carbocycles. The van der Waals surface area contributed by atoms with Gasteiger partial charge >= 0.3 is 11.9 Å². The summed E-state index contributed by atoms with van der Waals surface area (Å²) in [7, 11) is 0. The molecular formula is C75H134O5.